The van der Waals surface area contributed by atoms with E-state index in [2.05, 4.69) is 20.2 Å². The van der Waals surface area contributed by atoms with Crippen molar-refractivity contribution in [1.29, 1.82) is 5.26 Å². The van der Waals surface area contributed by atoms with Crippen LogP contribution in [0.1, 0.15) is 11.4 Å². The maximum Gasteiger partial charge on any atom is 0.188 e. The van der Waals surface area contributed by atoms with E-state index in [1.165, 1.54) is 6.20 Å². The summed E-state index contributed by atoms with van der Waals surface area (Å²) in [5.74, 6) is 1.25. The molecule has 0 radical (unpaired) electrons. The maximum atomic E-state index is 8.76. The van der Waals surface area contributed by atoms with Crippen molar-refractivity contribution in [3.8, 4) is 17.6 Å². The van der Waals surface area contributed by atoms with Crippen LogP contribution >= 0.6 is 11.6 Å². The smallest absolute Gasteiger partial charge is 0.188 e. The first-order valence-electron chi connectivity index (χ1n) is 5.44. The number of nitrogens with zero attached hydrogens (tertiary/aromatic N) is 6. The van der Waals surface area contributed by atoms with Crippen molar-refractivity contribution < 1.29 is 0 Å². The monoisotopic (exact) mass is 270 g/mol. The van der Waals surface area contributed by atoms with Gasteiger partial charge in [0.15, 0.2) is 11.5 Å². The molecule has 0 saturated heterocycles. The molecule has 0 atom stereocenters. The number of aromatic nitrogens is 5. The van der Waals surface area contributed by atoms with Gasteiger partial charge in [-0.05, 0) is 19.1 Å². The quantitative estimate of drug-likeness (QED) is 0.632. The summed E-state index contributed by atoms with van der Waals surface area (Å²) >= 11 is 5.87. The number of hydrogen-bond donors (Lipinski definition) is 0. The Morgan fingerprint density at radius 2 is 2.16 bits per heavy atom. The molecule has 3 aromatic rings. The minimum Gasteiger partial charge on any atom is -0.261 e. The lowest BCUT2D eigenvalue weighted by molar-refractivity contribution is 0.981. The van der Waals surface area contributed by atoms with Crippen LogP contribution in [0.3, 0.4) is 0 Å². The van der Waals surface area contributed by atoms with E-state index in [4.69, 9.17) is 16.9 Å². The molecule has 0 aromatic carbocycles. The van der Waals surface area contributed by atoms with Crippen LogP contribution in [0, 0.1) is 18.3 Å². The molecule has 0 aliphatic rings. The van der Waals surface area contributed by atoms with Gasteiger partial charge in [0, 0.05) is 12.3 Å². The molecule has 92 valence electrons. The highest BCUT2D eigenvalue weighted by Crippen LogP contribution is 2.19. The first kappa shape index (κ1) is 11.6. The Morgan fingerprint density at radius 1 is 1.32 bits per heavy atom. The summed E-state index contributed by atoms with van der Waals surface area (Å²) in [4.78, 5) is 8.36. The van der Waals surface area contributed by atoms with Gasteiger partial charge in [-0.3, -0.25) is 9.38 Å². The molecule has 0 spiro atoms. The Morgan fingerprint density at radius 3 is 2.84 bits per heavy atom. The van der Waals surface area contributed by atoms with Crippen molar-refractivity contribution in [2.45, 2.75) is 6.92 Å². The number of rotatable bonds is 1. The van der Waals surface area contributed by atoms with Gasteiger partial charge < -0.3 is 0 Å². The van der Waals surface area contributed by atoms with Crippen molar-refractivity contribution in [2.75, 3.05) is 0 Å². The zero-order valence-corrected chi connectivity index (χ0v) is 10.6. The molecule has 19 heavy (non-hydrogen) atoms. The van der Waals surface area contributed by atoms with Gasteiger partial charge in [0.2, 0.25) is 0 Å². The Hall–Kier alpha value is -2.52. The molecule has 3 heterocycles. The summed E-state index contributed by atoms with van der Waals surface area (Å²) in [6.45, 7) is 1.81. The number of fused-ring (bicyclic) bond motifs is 1. The third-order valence-corrected chi connectivity index (χ3v) is 2.84. The van der Waals surface area contributed by atoms with Gasteiger partial charge in [0.05, 0.1) is 5.56 Å². The van der Waals surface area contributed by atoms with Crippen molar-refractivity contribution in [2.24, 2.45) is 0 Å². The maximum absolute atomic E-state index is 8.76. The van der Waals surface area contributed by atoms with Crippen LogP contribution in [-0.2, 0) is 0 Å². The molecule has 3 rings (SSSR count). The van der Waals surface area contributed by atoms with Crippen LogP contribution in [0.15, 0.2) is 24.4 Å². The molecule has 0 aliphatic heterocycles. The fourth-order valence-corrected chi connectivity index (χ4v) is 2.03. The largest absolute Gasteiger partial charge is 0.261 e. The number of nitriles is 1. The van der Waals surface area contributed by atoms with Crippen LogP contribution < -0.4 is 0 Å². The third kappa shape index (κ3) is 1.90. The summed E-state index contributed by atoms with van der Waals surface area (Å²) in [5.41, 5.74) is 1.73. The van der Waals surface area contributed by atoms with Crippen LogP contribution in [0.2, 0.25) is 5.15 Å². The standard InChI is InChI=1S/C12H7ClN6/c1-7-16-10(13)4-11-17-18-12(19(7)11)9-3-2-8(5-14)6-15-9/h2-4,6H,1H3. The molecular formula is C12H7ClN6. The number of halogens is 1. The first-order chi connectivity index (χ1) is 9.19. The molecule has 0 fully saturated rings. The molecule has 0 bridgehead atoms. The van der Waals surface area contributed by atoms with E-state index in [1.807, 2.05) is 13.0 Å². The van der Waals surface area contributed by atoms with Gasteiger partial charge in [-0.2, -0.15) is 5.26 Å². The average molecular weight is 271 g/mol. The summed E-state index contributed by atoms with van der Waals surface area (Å²) in [5, 5.41) is 17.3. The normalized spacial score (nSPS) is 10.6. The summed E-state index contributed by atoms with van der Waals surface area (Å²) in [6, 6.07) is 7.06. The lowest BCUT2D eigenvalue weighted by Crippen LogP contribution is -1.99. The van der Waals surface area contributed by atoms with E-state index >= 15 is 0 Å². The molecule has 0 saturated carbocycles. The fourth-order valence-electron chi connectivity index (χ4n) is 1.81. The minimum absolute atomic E-state index is 0.372. The molecule has 0 unspecified atom stereocenters. The Kier molecular flexibility index (Phi) is 2.62. The molecule has 3 aromatic heterocycles. The first-order valence-corrected chi connectivity index (χ1v) is 5.81. The van der Waals surface area contributed by atoms with Crippen molar-refractivity contribution in [3.05, 3.63) is 40.9 Å². The van der Waals surface area contributed by atoms with Crippen molar-refractivity contribution >= 4 is 17.2 Å². The van der Waals surface area contributed by atoms with Gasteiger partial charge in [-0.15, -0.1) is 10.2 Å². The van der Waals surface area contributed by atoms with Crippen LogP contribution in [-0.4, -0.2) is 24.6 Å². The molecule has 6 nitrogen and oxygen atoms in total. The number of pyridine rings is 1. The molecule has 0 aliphatic carbocycles. The van der Waals surface area contributed by atoms with Crippen molar-refractivity contribution in [3.63, 3.8) is 0 Å². The average Bonchev–Trinajstić information content (AvgIpc) is 2.83. The van der Waals surface area contributed by atoms with E-state index in [0.29, 0.717) is 33.7 Å². The lowest BCUT2D eigenvalue weighted by Gasteiger charge is -2.02. The summed E-state index contributed by atoms with van der Waals surface area (Å²) < 4.78 is 1.76. The zero-order valence-electron chi connectivity index (χ0n) is 9.87. The number of aryl methyl sites for hydroxylation is 1. The molecular weight excluding hydrogens is 264 g/mol. The predicted octanol–water partition coefficient (Wildman–Crippen LogP) is 2.02. The zero-order chi connectivity index (χ0) is 13.4. The highest BCUT2D eigenvalue weighted by atomic mass is 35.5. The van der Waals surface area contributed by atoms with E-state index in [9.17, 15) is 0 Å². The topological polar surface area (TPSA) is 79.8 Å². The van der Waals surface area contributed by atoms with Crippen LogP contribution in [0.4, 0.5) is 0 Å². The molecule has 0 amide bonds. The van der Waals surface area contributed by atoms with Gasteiger partial charge in [-0.25, -0.2) is 4.98 Å². The minimum atomic E-state index is 0.372. The second kappa shape index (κ2) is 4.30. The predicted molar refractivity (Wildman–Crippen MR) is 68.5 cm³/mol. The summed E-state index contributed by atoms with van der Waals surface area (Å²) in [7, 11) is 0. The Labute approximate surface area is 113 Å². The second-order valence-corrected chi connectivity index (χ2v) is 4.27. The SMILES string of the molecule is Cc1nc(Cl)cc2nnc(-c3ccc(C#N)cn3)n12. The fraction of sp³-hybridized carbons (Fsp3) is 0.0833. The van der Waals surface area contributed by atoms with E-state index in [-0.39, 0.29) is 0 Å². The molecule has 0 N–H and O–H groups in total. The molecule has 7 heteroatoms. The van der Waals surface area contributed by atoms with Gasteiger partial charge in [-0.1, -0.05) is 11.6 Å². The number of hydrogen-bond acceptors (Lipinski definition) is 5. The van der Waals surface area contributed by atoms with Crippen molar-refractivity contribution in [1.82, 2.24) is 24.6 Å². The Balaban J connectivity index is 2.22. The van der Waals surface area contributed by atoms with Gasteiger partial charge in [0.25, 0.3) is 0 Å². The highest BCUT2D eigenvalue weighted by molar-refractivity contribution is 6.29. The van der Waals surface area contributed by atoms with Crippen LogP contribution in [0.25, 0.3) is 17.2 Å². The second-order valence-electron chi connectivity index (χ2n) is 3.89. The van der Waals surface area contributed by atoms with E-state index < -0.39 is 0 Å². The lowest BCUT2D eigenvalue weighted by atomic mass is 10.2. The Bertz CT molecular complexity index is 799. The van der Waals surface area contributed by atoms with Gasteiger partial charge >= 0.3 is 0 Å². The van der Waals surface area contributed by atoms with Gasteiger partial charge in [0.1, 0.15) is 22.7 Å². The van der Waals surface area contributed by atoms with Crippen LogP contribution in [0.5, 0.6) is 0 Å². The summed E-state index contributed by atoms with van der Waals surface area (Å²) in [6.07, 6.45) is 1.50. The third-order valence-electron chi connectivity index (χ3n) is 2.65. The van der Waals surface area contributed by atoms with E-state index in [0.717, 1.165) is 0 Å². The van der Waals surface area contributed by atoms with E-state index in [1.54, 1.807) is 22.6 Å². The highest BCUT2D eigenvalue weighted by Gasteiger charge is 2.12.